The SMILES string of the molecule is COc1ccc(C(=O)N/N=C/c2cc(Br)ccc2OC(=O)c2ccccc2C)cc1OC. The van der Waals surface area contributed by atoms with Gasteiger partial charge < -0.3 is 14.2 Å². The highest BCUT2D eigenvalue weighted by Gasteiger charge is 2.14. The van der Waals surface area contributed by atoms with E-state index in [2.05, 4.69) is 26.5 Å². The first kappa shape index (κ1) is 23.0. The largest absolute Gasteiger partial charge is 0.493 e. The minimum Gasteiger partial charge on any atom is -0.493 e. The maximum absolute atomic E-state index is 12.6. The molecule has 0 saturated heterocycles. The van der Waals surface area contributed by atoms with Gasteiger partial charge in [-0.1, -0.05) is 34.1 Å². The molecule has 8 heteroatoms. The molecular formula is C24H21BrN2O5. The molecule has 0 aliphatic carbocycles. The molecule has 0 atom stereocenters. The average Bonchev–Trinajstić information content (AvgIpc) is 2.80. The molecule has 0 heterocycles. The van der Waals surface area contributed by atoms with Crippen LogP contribution in [0.2, 0.25) is 0 Å². The van der Waals surface area contributed by atoms with Crippen LogP contribution in [0.4, 0.5) is 0 Å². The molecule has 1 N–H and O–H groups in total. The van der Waals surface area contributed by atoms with Crippen molar-refractivity contribution in [2.45, 2.75) is 6.92 Å². The number of halogens is 1. The van der Waals surface area contributed by atoms with Crippen LogP contribution in [-0.4, -0.2) is 32.3 Å². The average molecular weight is 497 g/mol. The molecule has 0 unspecified atom stereocenters. The highest BCUT2D eigenvalue weighted by Crippen LogP contribution is 2.27. The fourth-order valence-corrected chi connectivity index (χ4v) is 3.25. The van der Waals surface area contributed by atoms with Crippen LogP contribution >= 0.6 is 15.9 Å². The third-order valence-electron chi connectivity index (χ3n) is 4.55. The number of methoxy groups -OCH3 is 2. The molecule has 3 rings (SSSR count). The van der Waals surface area contributed by atoms with Crippen molar-refractivity contribution in [3.8, 4) is 17.2 Å². The van der Waals surface area contributed by atoms with Crippen molar-refractivity contribution in [2.75, 3.05) is 14.2 Å². The number of rotatable bonds is 7. The highest BCUT2D eigenvalue weighted by molar-refractivity contribution is 9.10. The van der Waals surface area contributed by atoms with E-state index >= 15 is 0 Å². The van der Waals surface area contributed by atoms with Gasteiger partial charge in [-0.3, -0.25) is 4.79 Å². The molecule has 0 aromatic heterocycles. The number of nitrogens with zero attached hydrogens (tertiary/aromatic N) is 1. The van der Waals surface area contributed by atoms with E-state index < -0.39 is 11.9 Å². The summed E-state index contributed by atoms with van der Waals surface area (Å²) in [4.78, 5) is 25.0. The van der Waals surface area contributed by atoms with Crippen LogP contribution < -0.4 is 19.6 Å². The third kappa shape index (κ3) is 5.53. The van der Waals surface area contributed by atoms with Crippen LogP contribution in [-0.2, 0) is 0 Å². The summed E-state index contributed by atoms with van der Waals surface area (Å²) in [6.07, 6.45) is 1.41. The number of esters is 1. The molecule has 0 aliphatic heterocycles. The Morgan fingerprint density at radius 1 is 0.938 bits per heavy atom. The van der Waals surface area contributed by atoms with E-state index in [0.29, 0.717) is 33.9 Å². The smallest absolute Gasteiger partial charge is 0.343 e. The molecule has 0 fully saturated rings. The Balaban J connectivity index is 1.76. The molecular weight excluding hydrogens is 476 g/mol. The van der Waals surface area contributed by atoms with Crippen LogP contribution in [0, 0.1) is 6.92 Å². The summed E-state index contributed by atoms with van der Waals surface area (Å²) in [6, 6.07) is 17.1. The lowest BCUT2D eigenvalue weighted by molar-refractivity contribution is 0.0733. The molecule has 0 saturated carbocycles. The van der Waals surface area contributed by atoms with E-state index in [9.17, 15) is 9.59 Å². The van der Waals surface area contributed by atoms with Gasteiger partial charge in [-0.25, -0.2) is 10.2 Å². The van der Waals surface area contributed by atoms with Crippen LogP contribution in [0.5, 0.6) is 17.2 Å². The number of benzene rings is 3. The van der Waals surface area contributed by atoms with Gasteiger partial charge in [-0.05, 0) is 55.0 Å². The van der Waals surface area contributed by atoms with E-state index in [1.807, 2.05) is 19.1 Å². The zero-order valence-corrected chi connectivity index (χ0v) is 19.3. The molecule has 1 amide bonds. The van der Waals surface area contributed by atoms with Crippen molar-refractivity contribution in [3.05, 3.63) is 87.4 Å². The molecule has 0 aliphatic rings. The van der Waals surface area contributed by atoms with Crippen molar-refractivity contribution >= 4 is 34.0 Å². The predicted molar refractivity (Wildman–Crippen MR) is 125 cm³/mol. The minimum atomic E-state index is -0.477. The molecule has 0 radical (unpaired) electrons. The summed E-state index contributed by atoms with van der Waals surface area (Å²) in [6.45, 7) is 1.84. The molecule has 0 spiro atoms. The van der Waals surface area contributed by atoms with Gasteiger partial charge in [0.15, 0.2) is 11.5 Å². The fraction of sp³-hybridized carbons (Fsp3) is 0.125. The van der Waals surface area contributed by atoms with Crippen molar-refractivity contribution in [2.24, 2.45) is 5.10 Å². The topological polar surface area (TPSA) is 86.2 Å². The number of hydrogen-bond donors (Lipinski definition) is 1. The first-order valence-corrected chi connectivity index (χ1v) is 10.3. The Morgan fingerprint density at radius 2 is 1.66 bits per heavy atom. The van der Waals surface area contributed by atoms with Crippen LogP contribution in [0.3, 0.4) is 0 Å². The lowest BCUT2D eigenvalue weighted by Crippen LogP contribution is -2.18. The first-order chi connectivity index (χ1) is 15.4. The normalized spacial score (nSPS) is 10.6. The lowest BCUT2D eigenvalue weighted by atomic mass is 10.1. The zero-order valence-electron chi connectivity index (χ0n) is 17.7. The standard InChI is InChI=1S/C24H21BrN2O5/c1-15-6-4-5-7-19(15)24(29)32-20-11-9-18(25)12-17(20)14-26-27-23(28)16-8-10-21(30-2)22(13-16)31-3/h4-14H,1-3H3,(H,27,28)/b26-14+. The van der Waals surface area contributed by atoms with E-state index in [4.69, 9.17) is 14.2 Å². The zero-order chi connectivity index (χ0) is 23.1. The van der Waals surface area contributed by atoms with E-state index in [1.54, 1.807) is 48.5 Å². The summed E-state index contributed by atoms with van der Waals surface area (Å²) in [5, 5.41) is 4.01. The summed E-state index contributed by atoms with van der Waals surface area (Å²) in [5.74, 6) is 0.346. The Labute approximate surface area is 194 Å². The van der Waals surface area contributed by atoms with Crippen LogP contribution in [0.15, 0.2) is 70.2 Å². The molecule has 0 bridgehead atoms. The second-order valence-corrected chi connectivity index (χ2v) is 7.57. The van der Waals surface area contributed by atoms with Gasteiger partial charge >= 0.3 is 5.97 Å². The number of nitrogens with one attached hydrogen (secondary N) is 1. The van der Waals surface area contributed by atoms with Crippen LogP contribution in [0.1, 0.15) is 31.8 Å². The van der Waals surface area contributed by atoms with Gasteiger partial charge in [-0.15, -0.1) is 0 Å². The minimum absolute atomic E-state index is 0.311. The van der Waals surface area contributed by atoms with Crippen molar-refractivity contribution in [1.82, 2.24) is 5.43 Å². The molecule has 7 nitrogen and oxygen atoms in total. The second kappa shape index (κ2) is 10.6. The van der Waals surface area contributed by atoms with Gasteiger partial charge in [0.25, 0.3) is 5.91 Å². The molecule has 164 valence electrons. The van der Waals surface area contributed by atoms with Crippen molar-refractivity contribution < 1.29 is 23.8 Å². The Bertz CT molecular complexity index is 1180. The number of amides is 1. The number of hydrogen-bond acceptors (Lipinski definition) is 6. The monoisotopic (exact) mass is 496 g/mol. The summed E-state index contributed by atoms with van der Waals surface area (Å²) in [7, 11) is 3.01. The maximum Gasteiger partial charge on any atom is 0.343 e. The molecule has 3 aromatic carbocycles. The predicted octanol–water partition coefficient (Wildman–Crippen LogP) is 4.76. The van der Waals surface area contributed by atoms with E-state index in [0.717, 1.165) is 10.0 Å². The Kier molecular flexibility index (Phi) is 7.62. The maximum atomic E-state index is 12.6. The Morgan fingerprint density at radius 3 is 2.38 bits per heavy atom. The van der Waals surface area contributed by atoms with Gasteiger partial charge in [-0.2, -0.15) is 5.10 Å². The van der Waals surface area contributed by atoms with Gasteiger partial charge in [0, 0.05) is 15.6 Å². The van der Waals surface area contributed by atoms with Gasteiger partial charge in [0.05, 0.1) is 26.0 Å². The summed E-state index contributed by atoms with van der Waals surface area (Å²) in [5.41, 5.74) is 4.60. The first-order valence-electron chi connectivity index (χ1n) is 9.55. The van der Waals surface area contributed by atoms with E-state index in [1.165, 1.54) is 20.4 Å². The Hall–Kier alpha value is -3.65. The van der Waals surface area contributed by atoms with Gasteiger partial charge in [0.1, 0.15) is 5.75 Å². The van der Waals surface area contributed by atoms with Gasteiger partial charge in [0.2, 0.25) is 0 Å². The fourth-order valence-electron chi connectivity index (χ4n) is 2.87. The number of carbonyl (C=O) groups is 2. The quantitative estimate of drug-likeness (QED) is 0.220. The van der Waals surface area contributed by atoms with Crippen molar-refractivity contribution in [3.63, 3.8) is 0 Å². The third-order valence-corrected chi connectivity index (χ3v) is 5.05. The number of ether oxygens (including phenoxy) is 3. The molecule has 32 heavy (non-hydrogen) atoms. The number of carbonyl (C=O) groups excluding carboxylic acids is 2. The number of aryl methyl sites for hydroxylation is 1. The number of hydrazone groups is 1. The summed E-state index contributed by atoms with van der Waals surface area (Å²) >= 11 is 3.39. The van der Waals surface area contributed by atoms with E-state index in [-0.39, 0.29) is 0 Å². The molecule has 3 aromatic rings. The highest BCUT2D eigenvalue weighted by atomic mass is 79.9. The van der Waals surface area contributed by atoms with Crippen molar-refractivity contribution in [1.29, 1.82) is 0 Å². The lowest BCUT2D eigenvalue weighted by Gasteiger charge is -2.10. The summed E-state index contributed by atoms with van der Waals surface area (Å²) < 4.78 is 16.7. The second-order valence-electron chi connectivity index (χ2n) is 6.66. The van der Waals surface area contributed by atoms with Crippen LogP contribution in [0.25, 0.3) is 0 Å².